The van der Waals surface area contributed by atoms with Crippen molar-refractivity contribution in [2.24, 2.45) is 0 Å². The van der Waals surface area contributed by atoms with E-state index < -0.39 is 0 Å². The molecule has 0 aliphatic rings. The van der Waals surface area contributed by atoms with Crippen LogP contribution in [0.2, 0.25) is 0 Å². The van der Waals surface area contributed by atoms with Gasteiger partial charge < -0.3 is 4.74 Å². The molecule has 2 aromatic rings. The maximum absolute atomic E-state index is 11.8. The lowest BCUT2D eigenvalue weighted by Crippen LogP contribution is -2.43. The quantitative estimate of drug-likeness (QED) is 0.527. The van der Waals surface area contributed by atoms with Crippen molar-refractivity contribution in [2.75, 3.05) is 12.9 Å². The maximum atomic E-state index is 11.8. The number of benzene rings is 1. The molecular formula is C14H17N5O3S. The molecule has 0 aliphatic heterocycles. The fourth-order valence-electron chi connectivity index (χ4n) is 1.67. The molecule has 0 atom stereocenters. The molecule has 8 nitrogen and oxygen atoms in total. The second-order valence-corrected chi connectivity index (χ2v) is 5.56. The molecule has 1 aromatic heterocycles. The predicted octanol–water partition coefficient (Wildman–Crippen LogP) is 0.604. The van der Waals surface area contributed by atoms with Crippen molar-refractivity contribution < 1.29 is 14.3 Å². The van der Waals surface area contributed by atoms with Gasteiger partial charge in [-0.25, -0.2) is 4.98 Å². The summed E-state index contributed by atoms with van der Waals surface area (Å²) < 4.78 is 5.05. The minimum Gasteiger partial charge on any atom is -0.497 e. The molecule has 0 saturated heterocycles. The van der Waals surface area contributed by atoms with Crippen LogP contribution in [0.5, 0.6) is 5.75 Å². The molecule has 2 amide bonds. The number of hydrazine groups is 1. The average molecular weight is 335 g/mol. The van der Waals surface area contributed by atoms with Crippen molar-refractivity contribution in [1.29, 1.82) is 0 Å². The van der Waals surface area contributed by atoms with Gasteiger partial charge in [0.05, 0.1) is 19.3 Å². The average Bonchev–Trinajstić information content (AvgIpc) is 2.97. The number of nitrogens with one attached hydrogen (secondary N) is 3. The summed E-state index contributed by atoms with van der Waals surface area (Å²) in [4.78, 5) is 27.5. The number of thioether (sulfide) groups is 1. The molecule has 0 unspecified atom stereocenters. The Hall–Kier alpha value is -2.55. The van der Waals surface area contributed by atoms with E-state index in [0.29, 0.717) is 11.0 Å². The fraction of sp³-hybridized carbons (Fsp3) is 0.286. The number of hydrogen-bond donors (Lipinski definition) is 3. The van der Waals surface area contributed by atoms with E-state index >= 15 is 0 Å². The molecule has 2 rings (SSSR count). The third-order valence-corrected chi connectivity index (χ3v) is 3.62. The van der Waals surface area contributed by atoms with Crippen molar-refractivity contribution in [2.45, 2.75) is 18.5 Å². The van der Waals surface area contributed by atoms with Gasteiger partial charge in [-0.05, 0) is 24.6 Å². The van der Waals surface area contributed by atoms with Gasteiger partial charge in [-0.3, -0.25) is 25.5 Å². The first-order valence-electron chi connectivity index (χ1n) is 6.79. The van der Waals surface area contributed by atoms with Crippen molar-refractivity contribution in [3.05, 3.63) is 35.7 Å². The van der Waals surface area contributed by atoms with E-state index in [2.05, 4.69) is 26.0 Å². The van der Waals surface area contributed by atoms with Crippen molar-refractivity contribution in [3.63, 3.8) is 0 Å². The number of carbonyl (C=O) groups excluding carboxylic acids is 2. The highest BCUT2D eigenvalue weighted by Crippen LogP contribution is 2.12. The molecule has 122 valence electrons. The SMILES string of the molecule is COc1ccc(CC(=O)NNC(=O)CSc2n[nH]c(C)n2)cc1. The first kappa shape index (κ1) is 16.8. The first-order valence-corrected chi connectivity index (χ1v) is 7.78. The number of ether oxygens (including phenoxy) is 1. The number of nitrogens with zero attached hydrogens (tertiary/aromatic N) is 2. The molecule has 9 heteroatoms. The summed E-state index contributed by atoms with van der Waals surface area (Å²) in [7, 11) is 1.58. The van der Waals surface area contributed by atoms with Crippen LogP contribution in [0.3, 0.4) is 0 Å². The minimum absolute atomic E-state index is 0.111. The van der Waals surface area contributed by atoms with Crippen LogP contribution >= 0.6 is 11.8 Å². The molecule has 0 bridgehead atoms. The van der Waals surface area contributed by atoms with Crippen LogP contribution in [0.4, 0.5) is 0 Å². The van der Waals surface area contributed by atoms with Crippen LogP contribution in [0.15, 0.2) is 29.4 Å². The van der Waals surface area contributed by atoms with Crippen LogP contribution in [0.1, 0.15) is 11.4 Å². The van der Waals surface area contributed by atoms with Crippen LogP contribution in [-0.2, 0) is 16.0 Å². The summed E-state index contributed by atoms with van der Waals surface area (Å²) in [5.41, 5.74) is 5.54. The van der Waals surface area contributed by atoms with Crippen LogP contribution in [-0.4, -0.2) is 39.9 Å². The Kier molecular flexibility index (Phi) is 5.98. The number of H-pyrrole nitrogens is 1. The monoisotopic (exact) mass is 335 g/mol. The first-order chi connectivity index (χ1) is 11.1. The zero-order valence-electron chi connectivity index (χ0n) is 12.8. The summed E-state index contributed by atoms with van der Waals surface area (Å²) in [6.45, 7) is 1.77. The van der Waals surface area contributed by atoms with Gasteiger partial charge in [-0.1, -0.05) is 23.9 Å². The Balaban J connectivity index is 1.69. The standard InChI is InChI=1S/C14H17N5O3S/c1-9-15-14(19-16-9)23-8-13(21)18-17-12(20)7-10-3-5-11(22-2)6-4-10/h3-6H,7-8H2,1-2H3,(H,17,20)(H,18,21)(H,15,16,19). The lowest BCUT2D eigenvalue weighted by Gasteiger charge is -2.07. The van der Waals surface area contributed by atoms with Crippen molar-refractivity contribution in [3.8, 4) is 5.75 Å². The number of aryl methyl sites for hydroxylation is 1. The van der Waals surface area contributed by atoms with E-state index in [1.54, 1.807) is 38.3 Å². The molecule has 23 heavy (non-hydrogen) atoms. The zero-order valence-corrected chi connectivity index (χ0v) is 13.6. The molecule has 0 radical (unpaired) electrons. The van der Waals surface area contributed by atoms with Gasteiger partial charge in [-0.2, -0.15) is 0 Å². The number of rotatable bonds is 6. The summed E-state index contributed by atoms with van der Waals surface area (Å²) >= 11 is 1.18. The lowest BCUT2D eigenvalue weighted by atomic mass is 10.1. The van der Waals surface area contributed by atoms with E-state index in [1.165, 1.54) is 11.8 Å². The van der Waals surface area contributed by atoms with E-state index in [0.717, 1.165) is 11.3 Å². The van der Waals surface area contributed by atoms with Gasteiger partial charge in [0.15, 0.2) is 0 Å². The number of aromatic amines is 1. The molecule has 3 N–H and O–H groups in total. The van der Waals surface area contributed by atoms with Crippen molar-refractivity contribution >= 4 is 23.6 Å². The van der Waals surface area contributed by atoms with Crippen LogP contribution < -0.4 is 15.6 Å². The van der Waals surface area contributed by atoms with Gasteiger partial charge in [0.25, 0.3) is 0 Å². The molecule has 1 aromatic carbocycles. The van der Waals surface area contributed by atoms with E-state index in [9.17, 15) is 9.59 Å². The second kappa shape index (κ2) is 8.18. The van der Waals surface area contributed by atoms with Gasteiger partial charge >= 0.3 is 0 Å². The Labute approximate surface area is 137 Å². The molecule has 0 fully saturated rings. The van der Waals surface area contributed by atoms with Crippen LogP contribution in [0, 0.1) is 6.92 Å². The predicted molar refractivity (Wildman–Crippen MR) is 84.8 cm³/mol. The summed E-state index contributed by atoms with van der Waals surface area (Å²) in [6, 6.07) is 7.14. The molecule has 0 saturated carbocycles. The van der Waals surface area contributed by atoms with E-state index in [-0.39, 0.29) is 24.0 Å². The highest BCUT2D eigenvalue weighted by atomic mass is 32.2. The molecule has 0 spiro atoms. The summed E-state index contributed by atoms with van der Waals surface area (Å²) in [5.74, 6) is 0.880. The normalized spacial score (nSPS) is 10.2. The number of amides is 2. The molecular weight excluding hydrogens is 318 g/mol. The van der Waals surface area contributed by atoms with Gasteiger partial charge in [0.1, 0.15) is 11.6 Å². The third-order valence-electron chi connectivity index (χ3n) is 2.77. The second-order valence-electron chi connectivity index (χ2n) is 4.61. The summed E-state index contributed by atoms with van der Waals surface area (Å²) in [5, 5.41) is 7.08. The Morgan fingerprint density at radius 3 is 2.52 bits per heavy atom. The van der Waals surface area contributed by atoms with E-state index in [4.69, 9.17) is 4.74 Å². The third kappa shape index (κ3) is 5.62. The summed E-state index contributed by atoms with van der Waals surface area (Å²) in [6.07, 6.45) is 0.164. The number of carbonyl (C=O) groups is 2. The van der Waals surface area contributed by atoms with Gasteiger partial charge in [0, 0.05) is 0 Å². The fourth-order valence-corrected chi connectivity index (χ4v) is 2.31. The smallest absolute Gasteiger partial charge is 0.248 e. The Bertz CT molecular complexity index is 671. The topological polar surface area (TPSA) is 109 Å². The van der Waals surface area contributed by atoms with Crippen molar-refractivity contribution in [1.82, 2.24) is 26.0 Å². The largest absolute Gasteiger partial charge is 0.497 e. The highest BCUT2D eigenvalue weighted by molar-refractivity contribution is 7.99. The lowest BCUT2D eigenvalue weighted by molar-refractivity contribution is -0.127. The van der Waals surface area contributed by atoms with Gasteiger partial charge in [-0.15, -0.1) is 5.10 Å². The maximum Gasteiger partial charge on any atom is 0.248 e. The minimum atomic E-state index is -0.333. The van der Waals surface area contributed by atoms with Gasteiger partial charge in [0.2, 0.25) is 17.0 Å². The number of aromatic nitrogens is 3. The zero-order chi connectivity index (χ0) is 16.7. The van der Waals surface area contributed by atoms with Crippen LogP contribution in [0.25, 0.3) is 0 Å². The molecule has 1 heterocycles. The highest BCUT2D eigenvalue weighted by Gasteiger charge is 2.08. The Morgan fingerprint density at radius 1 is 1.22 bits per heavy atom. The molecule has 0 aliphatic carbocycles. The Morgan fingerprint density at radius 2 is 1.91 bits per heavy atom. The number of hydrogen-bond acceptors (Lipinski definition) is 6. The number of methoxy groups -OCH3 is 1. The van der Waals surface area contributed by atoms with E-state index in [1.807, 2.05) is 0 Å².